The summed E-state index contributed by atoms with van der Waals surface area (Å²) in [4.78, 5) is 29.2. The van der Waals surface area contributed by atoms with Crippen LogP contribution in [0, 0.1) is 0 Å². The minimum atomic E-state index is -0.287. The van der Waals surface area contributed by atoms with Crippen molar-refractivity contribution in [2.75, 3.05) is 16.3 Å². The molecule has 0 aliphatic rings. The van der Waals surface area contributed by atoms with Gasteiger partial charge in [0, 0.05) is 36.4 Å². The fourth-order valence-electron chi connectivity index (χ4n) is 4.18. The molecule has 5 heteroatoms. The summed E-state index contributed by atoms with van der Waals surface area (Å²) in [6, 6.07) is 7.63. The van der Waals surface area contributed by atoms with Gasteiger partial charge in [0.15, 0.2) is 0 Å². The Labute approximate surface area is 209 Å². The van der Waals surface area contributed by atoms with E-state index in [0.717, 1.165) is 29.8 Å². The van der Waals surface area contributed by atoms with Crippen LogP contribution in [0.3, 0.4) is 0 Å². The number of carbonyl (C=O) groups excluding carboxylic acids is 2. The number of nitrogens with zero attached hydrogens (tertiary/aromatic N) is 2. The Hall–Kier alpha value is -2.30. The first-order valence-electron chi connectivity index (χ1n) is 13.1. The van der Waals surface area contributed by atoms with Crippen LogP contribution in [-0.4, -0.2) is 30.1 Å². The van der Waals surface area contributed by atoms with Crippen molar-refractivity contribution < 1.29 is 9.59 Å². The number of allylic oxidation sites excluding steroid dienone is 1. The molecule has 1 aromatic carbocycles. The number of carbonyl (C=O) groups is 2. The van der Waals surface area contributed by atoms with E-state index in [9.17, 15) is 9.59 Å². The van der Waals surface area contributed by atoms with Gasteiger partial charge in [-0.3, -0.25) is 9.69 Å². The number of nitrogens with one attached hydrogen (secondary N) is 1. The Morgan fingerprint density at radius 1 is 0.971 bits per heavy atom. The molecule has 0 aliphatic heterocycles. The fraction of sp³-hybridized carbons (Fsp3) is 0.655. The third kappa shape index (κ3) is 10.8. The van der Waals surface area contributed by atoms with Crippen molar-refractivity contribution in [3.63, 3.8) is 0 Å². The summed E-state index contributed by atoms with van der Waals surface area (Å²) in [5, 5.41) is 3.26. The first-order chi connectivity index (χ1) is 16.0. The molecule has 0 bridgehead atoms. The number of hydrogen-bond donors (Lipinski definition) is 1. The average molecular weight is 472 g/mol. The number of rotatable bonds is 14. The zero-order valence-corrected chi connectivity index (χ0v) is 23.0. The molecule has 0 unspecified atom stereocenters. The third-order valence-electron chi connectivity index (χ3n) is 6.05. The molecule has 1 rings (SSSR count). The lowest BCUT2D eigenvalue weighted by Crippen LogP contribution is -2.50. The maximum atomic E-state index is 13.4. The standard InChI is InChI=1S/C29H49N3O2/c1-9-10-11-12-13-14-15-20-29(7,8)30-28(34)31(21-19-23(2)3)26-17-16-18-27(22-26)32(24(4)5)25(6)33/h16-19,22,24H,9-15,20-21H2,1-8H3,(H,30,34). The Morgan fingerprint density at radius 2 is 1.56 bits per heavy atom. The Kier molecular flexibility index (Phi) is 13.0. The summed E-state index contributed by atoms with van der Waals surface area (Å²) >= 11 is 0. The first kappa shape index (κ1) is 29.7. The third-order valence-corrected chi connectivity index (χ3v) is 6.05. The molecule has 0 saturated carbocycles. The molecular formula is C29H49N3O2. The minimum Gasteiger partial charge on any atom is -0.333 e. The van der Waals surface area contributed by atoms with Crippen LogP contribution in [0.25, 0.3) is 0 Å². The predicted molar refractivity (Wildman–Crippen MR) is 147 cm³/mol. The SMILES string of the molecule is CCCCCCCCCC(C)(C)NC(=O)N(CC=C(C)C)c1cccc(N(C(C)=O)C(C)C)c1. The molecule has 0 aromatic heterocycles. The summed E-state index contributed by atoms with van der Waals surface area (Å²) in [7, 11) is 0. The summed E-state index contributed by atoms with van der Waals surface area (Å²) in [6.45, 7) is 16.6. The second kappa shape index (κ2) is 14.9. The van der Waals surface area contributed by atoms with Crippen LogP contribution in [0.2, 0.25) is 0 Å². The van der Waals surface area contributed by atoms with E-state index in [2.05, 4.69) is 32.2 Å². The van der Waals surface area contributed by atoms with Crippen LogP contribution in [0.5, 0.6) is 0 Å². The second-order valence-electron chi connectivity index (χ2n) is 10.6. The molecule has 0 saturated heterocycles. The predicted octanol–water partition coefficient (Wildman–Crippen LogP) is 7.85. The van der Waals surface area contributed by atoms with Crippen molar-refractivity contribution in [1.82, 2.24) is 5.32 Å². The Morgan fingerprint density at radius 3 is 2.12 bits per heavy atom. The van der Waals surface area contributed by atoms with Crippen LogP contribution in [0.1, 0.15) is 107 Å². The van der Waals surface area contributed by atoms with E-state index in [1.54, 1.807) is 16.7 Å². The molecule has 192 valence electrons. The molecule has 34 heavy (non-hydrogen) atoms. The molecule has 0 fully saturated rings. The van der Waals surface area contributed by atoms with Gasteiger partial charge >= 0.3 is 6.03 Å². The lowest BCUT2D eigenvalue weighted by molar-refractivity contribution is -0.116. The summed E-state index contributed by atoms with van der Waals surface area (Å²) in [5.41, 5.74) is 2.46. The monoisotopic (exact) mass is 471 g/mol. The highest BCUT2D eigenvalue weighted by molar-refractivity contribution is 5.96. The van der Waals surface area contributed by atoms with Gasteiger partial charge in [0.25, 0.3) is 0 Å². The minimum absolute atomic E-state index is 0.0109. The summed E-state index contributed by atoms with van der Waals surface area (Å²) < 4.78 is 0. The number of benzene rings is 1. The maximum Gasteiger partial charge on any atom is 0.322 e. The number of anilines is 2. The van der Waals surface area contributed by atoms with Crippen molar-refractivity contribution in [1.29, 1.82) is 0 Å². The van der Waals surface area contributed by atoms with Crippen molar-refractivity contribution in [3.8, 4) is 0 Å². The fourth-order valence-corrected chi connectivity index (χ4v) is 4.18. The number of hydrogen-bond acceptors (Lipinski definition) is 2. The molecule has 0 heterocycles. The normalized spacial score (nSPS) is 11.3. The van der Waals surface area contributed by atoms with Crippen molar-refractivity contribution in [3.05, 3.63) is 35.9 Å². The van der Waals surface area contributed by atoms with Gasteiger partial charge in [-0.05, 0) is 66.2 Å². The van der Waals surface area contributed by atoms with Crippen LogP contribution < -0.4 is 15.1 Å². The van der Waals surface area contributed by atoms with Gasteiger partial charge in [-0.15, -0.1) is 0 Å². The number of amides is 3. The molecule has 0 radical (unpaired) electrons. The van der Waals surface area contributed by atoms with Crippen LogP contribution in [0.4, 0.5) is 16.2 Å². The van der Waals surface area contributed by atoms with E-state index in [1.165, 1.54) is 38.5 Å². The molecule has 0 aliphatic carbocycles. The van der Waals surface area contributed by atoms with Gasteiger partial charge in [0.2, 0.25) is 5.91 Å². The van der Waals surface area contributed by atoms with Crippen LogP contribution in [-0.2, 0) is 4.79 Å². The smallest absolute Gasteiger partial charge is 0.322 e. The average Bonchev–Trinajstić information content (AvgIpc) is 2.72. The molecule has 5 nitrogen and oxygen atoms in total. The van der Waals surface area contributed by atoms with Gasteiger partial charge in [-0.2, -0.15) is 0 Å². The highest BCUT2D eigenvalue weighted by Crippen LogP contribution is 2.25. The topological polar surface area (TPSA) is 52.7 Å². The lowest BCUT2D eigenvalue weighted by Gasteiger charge is -2.32. The second-order valence-corrected chi connectivity index (χ2v) is 10.6. The van der Waals surface area contributed by atoms with E-state index in [-0.39, 0.29) is 23.5 Å². The van der Waals surface area contributed by atoms with Crippen LogP contribution >= 0.6 is 0 Å². The van der Waals surface area contributed by atoms with Crippen molar-refractivity contribution in [2.24, 2.45) is 0 Å². The van der Waals surface area contributed by atoms with E-state index < -0.39 is 0 Å². The van der Waals surface area contributed by atoms with Crippen molar-refractivity contribution in [2.45, 2.75) is 118 Å². The number of urea groups is 1. The highest BCUT2D eigenvalue weighted by Gasteiger charge is 2.25. The maximum absolute atomic E-state index is 13.4. The molecule has 1 aromatic rings. The van der Waals surface area contributed by atoms with Crippen LogP contribution in [0.15, 0.2) is 35.9 Å². The number of unbranched alkanes of at least 4 members (excludes halogenated alkanes) is 6. The van der Waals surface area contributed by atoms with E-state index >= 15 is 0 Å². The Balaban J connectivity index is 2.95. The van der Waals surface area contributed by atoms with Crippen molar-refractivity contribution >= 4 is 23.3 Å². The lowest BCUT2D eigenvalue weighted by atomic mass is 9.96. The van der Waals surface area contributed by atoms with E-state index in [0.29, 0.717) is 6.54 Å². The largest absolute Gasteiger partial charge is 0.333 e. The molecule has 0 spiro atoms. The Bertz CT molecular complexity index is 794. The van der Waals surface area contributed by atoms with E-state index in [4.69, 9.17) is 0 Å². The molecule has 0 atom stereocenters. The van der Waals surface area contributed by atoms with Gasteiger partial charge < -0.3 is 10.2 Å². The van der Waals surface area contributed by atoms with Gasteiger partial charge in [-0.25, -0.2) is 4.79 Å². The summed E-state index contributed by atoms with van der Waals surface area (Å²) in [6.07, 6.45) is 11.8. The molecular weight excluding hydrogens is 422 g/mol. The first-order valence-corrected chi connectivity index (χ1v) is 13.1. The quantitative estimate of drug-likeness (QED) is 0.222. The van der Waals surface area contributed by atoms with E-state index in [1.807, 2.05) is 52.0 Å². The molecule has 1 N–H and O–H groups in total. The van der Waals surface area contributed by atoms with Gasteiger partial charge in [-0.1, -0.05) is 69.6 Å². The summed E-state index contributed by atoms with van der Waals surface area (Å²) in [5.74, 6) is -0.0109. The zero-order chi connectivity index (χ0) is 25.7. The van der Waals surface area contributed by atoms with Gasteiger partial charge in [0.1, 0.15) is 0 Å². The zero-order valence-electron chi connectivity index (χ0n) is 23.0. The highest BCUT2D eigenvalue weighted by atomic mass is 16.2. The molecule has 3 amide bonds. The van der Waals surface area contributed by atoms with Gasteiger partial charge in [0.05, 0.1) is 0 Å².